The molecule has 4 bridgehead atoms. The average molecular weight is 448 g/mol. The van der Waals surface area contributed by atoms with Crippen LogP contribution in [0.3, 0.4) is 0 Å². The molecule has 3 aromatic rings. The molecule has 0 radical (unpaired) electrons. The number of hydrogen-bond donors (Lipinski definition) is 1. The summed E-state index contributed by atoms with van der Waals surface area (Å²) >= 11 is 6.49. The van der Waals surface area contributed by atoms with Crippen LogP contribution in [0.5, 0.6) is 5.75 Å². The quantitative estimate of drug-likeness (QED) is 0.501. The van der Waals surface area contributed by atoms with Crippen molar-refractivity contribution in [2.24, 2.45) is 0 Å². The molecule has 3 heterocycles. The van der Waals surface area contributed by atoms with E-state index in [9.17, 15) is 4.79 Å². The Morgan fingerprint density at radius 3 is 2.88 bits per heavy atom. The van der Waals surface area contributed by atoms with Crippen molar-refractivity contribution < 1.29 is 9.53 Å². The number of aromatic nitrogens is 2. The summed E-state index contributed by atoms with van der Waals surface area (Å²) in [6.07, 6.45) is 6.47. The Labute approximate surface area is 191 Å². The van der Waals surface area contributed by atoms with Crippen LogP contribution in [-0.2, 0) is 6.54 Å². The van der Waals surface area contributed by atoms with Crippen LogP contribution in [0.1, 0.15) is 17.5 Å². The number of halogens is 1. The van der Waals surface area contributed by atoms with Gasteiger partial charge >= 0.3 is 6.03 Å². The van der Waals surface area contributed by atoms with E-state index < -0.39 is 0 Å². The molecule has 2 amide bonds. The molecule has 1 aromatic heterocycles. The molecule has 0 unspecified atom stereocenters. The number of fused-ring (bicyclic) bond motifs is 3. The summed E-state index contributed by atoms with van der Waals surface area (Å²) in [5.74, 6) is 1.80. The number of hydrogen-bond acceptors (Lipinski definition) is 5. The van der Waals surface area contributed by atoms with Crippen LogP contribution >= 0.6 is 11.6 Å². The third-order valence-corrected chi connectivity index (χ3v) is 5.75. The van der Waals surface area contributed by atoms with E-state index in [1.807, 2.05) is 55.5 Å². The minimum atomic E-state index is -0.173. The maximum atomic E-state index is 13.6. The molecule has 8 heteroatoms. The monoisotopic (exact) mass is 447 g/mol. The maximum absolute atomic E-state index is 13.6. The SMILES string of the molecule is Cc1cccc(Cl)c1N1Cc2cnc3nc2N(C/C=C\CCOc2cccc(c2)N3)C1=O. The van der Waals surface area contributed by atoms with Crippen molar-refractivity contribution in [2.45, 2.75) is 19.9 Å². The third-order valence-electron chi connectivity index (χ3n) is 5.44. The van der Waals surface area contributed by atoms with Gasteiger partial charge in [0.15, 0.2) is 0 Å². The number of benzene rings is 2. The number of urea groups is 1. The topological polar surface area (TPSA) is 70.6 Å². The van der Waals surface area contributed by atoms with Crippen molar-refractivity contribution in [2.75, 3.05) is 28.3 Å². The highest BCUT2D eigenvalue weighted by molar-refractivity contribution is 6.34. The van der Waals surface area contributed by atoms with Crippen molar-refractivity contribution in [3.05, 3.63) is 77.0 Å². The zero-order valence-corrected chi connectivity index (χ0v) is 18.3. The molecule has 2 aliphatic rings. The fourth-order valence-electron chi connectivity index (χ4n) is 3.92. The summed E-state index contributed by atoms with van der Waals surface area (Å²) in [4.78, 5) is 26.1. The maximum Gasteiger partial charge on any atom is 0.330 e. The fourth-order valence-corrected chi connectivity index (χ4v) is 4.24. The molecule has 0 atom stereocenters. The lowest BCUT2D eigenvalue weighted by Crippen LogP contribution is -2.48. The highest BCUT2D eigenvalue weighted by Gasteiger charge is 2.34. The van der Waals surface area contributed by atoms with E-state index >= 15 is 0 Å². The van der Waals surface area contributed by atoms with Crippen molar-refractivity contribution in [3.8, 4) is 5.75 Å². The number of carbonyl (C=O) groups is 1. The summed E-state index contributed by atoms with van der Waals surface area (Å²) in [5, 5.41) is 3.75. The predicted molar refractivity (Wildman–Crippen MR) is 126 cm³/mol. The molecule has 0 aliphatic carbocycles. The lowest BCUT2D eigenvalue weighted by atomic mass is 10.1. The zero-order chi connectivity index (χ0) is 22.1. The Bertz CT molecular complexity index is 1190. The Morgan fingerprint density at radius 2 is 2.00 bits per heavy atom. The van der Waals surface area contributed by atoms with E-state index in [1.165, 1.54) is 0 Å². The van der Waals surface area contributed by atoms with E-state index in [-0.39, 0.29) is 6.03 Å². The molecular weight excluding hydrogens is 426 g/mol. The Hall–Kier alpha value is -3.58. The Kier molecular flexibility index (Phi) is 5.41. The van der Waals surface area contributed by atoms with Crippen molar-refractivity contribution in [1.82, 2.24) is 9.97 Å². The summed E-state index contributed by atoms with van der Waals surface area (Å²) in [6, 6.07) is 13.1. The number of nitrogens with one attached hydrogen (secondary N) is 1. The molecule has 2 aliphatic heterocycles. The van der Waals surface area contributed by atoms with Crippen LogP contribution in [0.2, 0.25) is 5.02 Å². The largest absolute Gasteiger partial charge is 0.493 e. The smallest absolute Gasteiger partial charge is 0.330 e. The fraction of sp³-hybridized carbons (Fsp3) is 0.208. The van der Waals surface area contributed by atoms with E-state index in [0.29, 0.717) is 42.2 Å². The highest BCUT2D eigenvalue weighted by atomic mass is 35.5. The minimum absolute atomic E-state index is 0.173. The van der Waals surface area contributed by atoms with Gasteiger partial charge in [-0.25, -0.2) is 9.78 Å². The van der Waals surface area contributed by atoms with Crippen LogP contribution in [0, 0.1) is 6.92 Å². The van der Waals surface area contributed by atoms with Gasteiger partial charge in [0, 0.05) is 30.1 Å². The average Bonchev–Trinajstić information content (AvgIpc) is 2.78. The summed E-state index contributed by atoms with van der Waals surface area (Å²) in [6.45, 7) is 3.23. The van der Waals surface area contributed by atoms with Crippen molar-refractivity contribution >= 4 is 40.8 Å². The number of nitrogens with zero attached hydrogens (tertiary/aromatic N) is 4. The lowest BCUT2D eigenvalue weighted by Gasteiger charge is -2.36. The van der Waals surface area contributed by atoms with E-state index in [4.69, 9.17) is 16.3 Å². The van der Waals surface area contributed by atoms with Gasteiger partial charge in [-0.1, -0.05) is 42.0 Å². The first-order chi connectivity index (χ1) is 15.6. The molecule has 7 nitrogen and oxygen atoms in total. The van der Waals surface area contributed by atoms with Crippen molar-refractivity contribution in [3.63, 3.8) is 0 Å². The molecule has 2 aromatic carbocycles. The van der Waals surface area contributed by atoms with Crippen LogP contribution in [0.25, 0.3) is 0 Å². The molecule has 0 fully saturated rings. The number of amides is 2. The van der Waals surface area contributed by atoms with Gasteiger partial charge in [0.05, 0.1) is 23.9 Å². The second-order valence-corrected chi connectivity index (χ2v) is 8.10. The molecule has 5 rings (SSSR count). The Balaban J connectivity index is 1.58. The lowest BCUT2D eigenvalue weighted by molar-refractivity contribution is 0.250. The van der Waals surface area contributed by atoms with Gasteiger partial charge in [-0.15, -0.1) is 0 Å². The van der Waals surface area contributed by atoms with Gasteiger partial charge in [-0.05, 0) is 37.1 Å². The van der Waals surface area contributed by atoms with Crippen LogP contribution in [-0.4, -0.2) is 29.2 Å². The standard InChI is InChI=1S/C24H22ClN5O2/c1-16-7-5-10-20(25)21(16)30-15-17-14-26-23-27-18-8-6-9-19(13-18)32-12-4-2-3-11-29(24(30)31)22(17)28-23/h2-3,5-10,13-14H,4,11-12,15H2,1H3,(H,26,27,28)/b3-2-. The molecule has 32 heavy (non-hydrogen) atoms. The number of para-hydroxylation sites is 1. The highest BCUT2D eigenvalue weighted by Crippen LogP contribution is 2.36. The van der Waals surface area contributed by atoms with Gasteiger partial charge in [-0.3, -0.25) is 9.80 Å². The van der Waals surface area contributed by atoms with E-state index in [1.54, 1.807) is 22.1 Å². The number of aryl methyl sites for hydroxylation is 1. The van der Waals surface area contributed by atoms with E-state index in [0.717, 1.165) is 29.0 Å². The molecular formula is C24H22ClN5O2. The van der Waals surface area contributed by atoms with Gasteiger partial charge < -0.3 is 10.1 Å². The van der Waals surface area contributed by atoms with Crippen LogP contribution in [0.15, 0.2) is 60.8 Å². The molecule has 162 valence electrons. The first-order valence-corrected chi connectivity index (χ1v) is 10.8. The molecule has 0 saturated carbocycles. The number of anilines is 4. The first kappa shape index (κ1) is 20.3. The summed E-state index contributed by atoms with van der Waals surface area (Å²) in [5.41, 5.74) is 3.31. The molecule has 0 spiro atoms. The van der Waals surface area contributed by atoms with Gasteiger partial charge in [0.2, 0.25) is 5.95 Å². The number of carbonyl (C=O) groups excluding carboxylic acids is 1. The summed E-state index contributed by atoms with van der Waals surface area (Å²) in [7, 11) is 0. The first-order valence-electron chi connectivity index (χ1n) is 10.4. The van der Waals surface area contributed by atoms with E-state index in [2.05, 4.69) is 15.3 Å². The predicted octanol–water partition coefficient (Wildman–Crippen LogP) is 5.47. The normalized spacial score (nSPS) is 16.6. The second kappa shape index (κ2) is 8.51. The number of rotatable bonds is 1. The number of ether oxygens (including phenoxy) is 1. The van der Waals surface area contributed by atoms with Crippen molar-refractivity contribution in [1.29, 1.82) is 0 Å². The molecule has 1 N–H and O–H groups in total. The van der Waals surface area contributed by atoms with Gasteiger partial charge in [0.1, 0.15) is 11.6 Å². The second-order valence-electron chi connectivity index (χ2n) is 7.69. The Morgan fingerprint density at radius 1 is 1.12 bits per heavy atom. The summed E-state index contributed by atoms with van der Waals surface area (Å²) < 4.78 is 5.82. The minimum Gasteiger partial charge on any atom is -0.493 e. The molecule has 0 saturated heterocycles. The van der Waals surface area contributed by atoms with Gasteiger partial charge in [0.25, 0.3) is 0 Å². The van der Waals surface area contributed by atoms with Crippen LogP contribution in [0.4, 0.5) is 27.9 Å². The van der Waals surface area contributed by atoms with Gasteiger partial charge in [-0.2, -0.15) is 4.98 Å². The zero-order valence-electron chi connectivity index (χ0n) is 17.6. The van der Waals surface area contributed by atoms with Crippen LogP contribution < -0.4 is 19.9 Å². The third kappa shape index (κ3) is 3.87.